The standard InChI is InChI=1S/C13H29N3S.HI/c1-12(2)8-5-6-9-15-13(14-3)16-10-7-11-17-4;/h12H,5-11H2,1-4H3,(H2,14,15,16);1H. The van der Waals surface area contributed by atoms with Crippen molar-refractivity contribution in [2.24, 2.45) is 10.9 Å². The molecule has 0 aliphatic carbocycles. The van der Waals surface area contributed by atoms with Gasteiger partial charge in [-0.05, 0) is 30.8 Å². The van der Waals surface area contributed by atoms with Gasteiger partial charge in [-0.25, -0.2) is 0 Å². The van der Waals surface area contributed by atoms with Gasteiger partial charge in [-0.15, -0.1) is 24.0 Å². The van der Waals surface area contributed by atoms with Crippen LogP contribution in [0.4, 0.5) is 0 Å². The second kappa shape index (κ2) is 15.4. The van der Waals surface area contributed by atoms with Gasteiger partial charge in [0.15, 0.2) is 5.96 Å². The van der Waals surface area contributed by atoms with Crippen molar-refractivity contribution in [2.75, 3.05) is 32.1 Å². The van der Waals surface area contributed by atoms with E-state index < -0.39 is 0 Å². The van der Waals surface area contributed by atoms with Gasteiger partial charge in [-0.3, -0.25) is 4.99 Å². The van der Waals surface area contributed by atoms with Crippen LogP contribution in [-0.4, -0.2) is 38.1 Å². The topological polar surface area (TPSA) is 36.4 Å². The normalized spacial score (nSPS) is 11.3. The predicted octanol–water partition coefficient (Wildman–Crippen LogP) is 3.35. The third-order valence-corrected chi connectivity index (χ3v) is 3.24. The Kier molecular flexibility index (Phi) is 17.7. The fraction of sp³-hybridized carbons (Fsp3) is 0.923. The zero-order valence-corrected chi connectivity index (χ0v) is 15.4. The molecule has 0 bridgehead atoms. The van der Waals surface area contributed by atoms with Gasteiger partial charge in [0.1, 0.15) is 0 Å². The van der Waals surface area contributed by atoms with Crippen molar-refractivity contribution >= 4 is 41.7 Å². The summed E-state index contributed by atoms with van der Waals surface area (Å²) in [5, 5.41) is 6.68. The minimum absolute atomic E-state index is 0. The third-order valence-electron chi connectivity index (χ3n) is 2.54. The first kappa shape index (κ1) is 20.7. The summed E-state index contributed by atoms with van der Waals surface area (Å²) >= 11 is 1.89. The van der Waals surface area contributed by atoms with Crippen LogP contribution in [0.2, 0.25) is 0 Å². The number of nitrogens with zero attached hydrogens (tertiary/aromatic N) is 1. The second-order valence-electron chi connectivity index (χ2n) is 4.66. The van der Waals surface area contributed by atoms with Crippen molar-refractivity contribution in [2.45, 2.75) is 39.5 Å². The lowest BCUT2D eigenvalue weighted by Crippen LogP contribution is -2.38. The summed E-state index contributed by atoms with van der Waals surface area (Å²) in [6.45, 7) is 6.58. The molecule has 110 valence electrons. The quantitative estimate of drug-likeness (QED) is 0.276. The molecule has 0 amide bonds. The van der Waals surface area contributed by atoms with Crippen LogP contribution in [0.15, 0.2) is 4.99 Å². The van der Waals surface area contributed by atoms with Gasteiger partial charge in [0.2, 0.25) is 0 Å². The van der Waals surface area contributed by atoms with Crippen molar-refractivity contribution in [3.8, 4) is 0 Å². The number of hydrogen-bond donors (Lipinski definition) is 2. The fourth-order valence-electron chi connectivity index (χ4n) is 1.53. The average molecular weight is 387 g/mol. The van der Waals surface area contributed by atoms with Crippen LogP contribution in [0.1, 0.15) is 39.5 Å². The van der Waals surface area contributed by atoms with E-state index in [2.05, 4.69) is 35.7 Å². The lowest BCUT2D eigenvalue weighted by molar-refractivity contribution is 0.534. The van der Waals surface area contributed by atoms with Crippen LogP contribution in [-0.2, 0) is 0 Å². The maximum atomic E-state index is 4.21. The molecule has 0 spiro atoms. The molecule has 0 unspecified atom stereocenters. The summed E-state index contributed by atoms with van der Waals surface area (Å²) in [5.41, 5.74) is 0. The highest BCUT2D eigenvalue weighted by Gasteiger charge is 1.97. The van der Waals surface area contributed by atoms with Crippen molar-refractivity contribution < 1.29 is 0 Å². The molecule has 0 aromatic heterocycles. The summed E-state index contributed by atoms with van der Waals surface area (Å²) in [4.78, 5) is 4.21. The number of halogens is 1. The van der Waals surface area contributed by atoms with Gasteiger partial charge >= 0.3 is 0 Å². The van der Waals surface area contributed by atoms with E-state index in [1.54, 1.807) is 0 Å². The summed E-state index contributed by atoms with van der Waals surface area (Å²) in [7, 11) is 1.83. The highest BCUT2D eigenvalue weighted by Crippen LogP contribution is 2.04. The minimum Gasteiger partial charge on any atom is -0.356 e. The summed E-state index contributed by atoms with van der Waals surface area (Å²) in [6, 6.07) is 0. The molecule has 0 saturated heterocycles. The molecule has 0 radical (unpaired) electrons. The molecule has 2 N–H and O–H groups in total. The zero-order valence-electron chi connectivity index (χ0n) is 12.3. The van der Waals surface area contributed by atoms with Gasteiger partial charge < -0.3 is 10.6 Å². The van der Waals surface area contributed by atoms with Crippen LogP contribution in [0.25, 0.3) is 0 Å². The zero-order chi connectivity index (χ0) is 12.9. The van der Waals surface area contributed by atoms with Crippen molar-refractivity contribution in [1.29, 1.82) is 0 Å². The Labute approximate surface area is 134 Å². The summed E-state index contributed by atoms with van der Waals surface area (Å²) < 4.78 is 0. The Morgan fingerprint density at radius 2 is 1.72 bits per heavy atom. The van der Waals surface area contributed by atoms with E-state index in [0.29, 0.717) is 0 Å². The number of thioether (sulfide) groups is 1. The second-order valence-corrected chi connectivity index (χ2v) is 5.65. The number of aliphatic imine (C=N–C) groups is 1. The highest BCUT2D eigenvalue weighted by molar-refractivity contribution is 14.0. The van der Waals surface area contributed by atoms with Crippen molar-refractivity contribution in [3.05, 3.63) is 0 Å². The Balaban J connectivity index is 0. The van der Waals surface area contributed by atoms with E-state index >= 15 is 0 Å². The van der Waals surface area contributed by atoms with Gasteiger partial charge in [0, 0.05) is 20.1 Å². The first-order valence-electron chi connectivity index (χ1n) is 6.64. The minimum atomic E-state index is 0. The van der Waals surface area contributed by atoms with Crippen LogP contribution in [0, 0.1) is 5.92 Å². The van der Waals surface area contributed by atoms with Crippen molar-refractivity contribution in [3.63, 3.8) is 0 Å². The number of nitrogens with one attached hydrogen (secondary N) is 2. The molecule has 3 nitrogen and oxygen atoms in total. The molecule has 0 aliphatic rings. The Morgan fingerprint density at radius 3 is 2.22 bits per heavy atom. The van der Waals surface area contributed by atoms with E-state index in [1.165, 1.54) is 31.4 Å². The summed E-state index contributed by atoms with van der Waals surface area (Å²) in [6.07, 6.45) is 7.18. The largest absolute Gasteiger partial charge is 0.356 e. The summed E-state index contributed by atoms with van der Waals surface area (Å²) in [5.74, 6) is 2.97. The SMILES string of the molecule is CN=C(NCCCCC(C)C)NCCCSC.I. The number of rotatable bonds is 9. The van der Waals surface area contributed by atoms with Crippen LogP contribution in [0.3, 0.4) is 0 Å². The Morgan fingerprint density at radius 1 is 1.11 bits per heavy atom. The molecule has 0 saturated carbocycles. The molecule has 0 aromatic carbocycles. The molecule has 0 heterocycles. The number of guanidine groups is 1. The maximum absolute atomic E-state index is 4.21. The predicted molar refractivity (Wildman–Crippen MR) is 96.5 cm³/mol. The van der Waals surface area contributed by atoms with E-state index in [4.69, 9.17) is 0 Å². The molecule has 0 rings (SSSR count). The maximum Gasteiger partial charge on any atom is 0.190 e. The molecule has 0 fully saturated rings. The Bertz CT molecular complexity index is 199. The van der Waals surface area contributed by atoms with Crippen LogP contribution in [0.5, 0.6) is 0 Å². The smallest absolute Gasteiger partial charge is 0.190 e. The Hall–Kier alpha value is 0.350. The molecule has 0 aromatic rings. The monoisotopic (exact) mass is 387 g/mol. The molecule has 5 heteroatoms. The molecule has 0 atom stereocenters. The van der Waals surface area contributed by atoms with Crippen molar-refractivity contribution in [1.82, 2.24) is 10.6 Å². The lowest BCUT2D eigenvalue weighted by atomic mass is 10.1. The van der Waals surface area contributed by atoms with Gasteiger partial charge in [-0.1, -0.05) is 26.7 Å². The first-order valence-corrected chi connectivity index (χ1v) is 8.03. The van der Waals surface area contributed by atoms with E-state index in [0.717, 1.165) is 25.0 Å². The average Bonchev–Trinajstić information content (AvgIpc) is 2.31. The van der Waals surface area contributed by atoms with Gasteiger partial charge in [-0.2, -0.15) is 11.8 Å². The third kappa shape index (κ3) is 14.4. The number of hydrogen-bond acceptors (Lipinski definition) is 2. The molecular weight excluding hydrogens is 357 g/mol. The highest BCUT2D eigenvalue weighted by atomic mass is 127. The number of unbranched alkanes of at least 4 members (excludes halogenated alkanes) is 1. The molecule has 0 aliphatic heterocycles. The molecular formula is C13H30IN3S. The van der Waals surface area contributed by atoms with Crippen LogP contribution < -0.4 is 10.6 Å². The van der Waals surface area contributed by atoms with E-state index in [9.17, 15) is 0 Å². The van der Waals surface area contributed by atoms with Crippen LogP contribution >= 0.6 is 35.7 Å². The first-order chi connectivity index (χ1) is 8.20. The molecule has 18 heavy (non-hydrogen) atoms. The van der Waals surface area contributed by atoms with Gasteiger partial charge in [0.25, 0.3) is 0 Å². The lowest BCUT2D eigenvalue weighted by Gasteiger charge is -2.11. The van der Waals surface area contributed by atoms with Gasteiger partial charge in [0.05, 0.1) is 0 Å². The van der Waals surface area contributed by atoms with E-state index in [1.807, 2.05) is 18.8 Å². The van der Waals surface area contributed by atoms with E-state index in [-0.39, 0.29) is 24.0 Å². The fourth-order valence-corrected chi connectivity index (χ4v) is 1.96.